The number of piperidine rings is 1. The monoisotopic (exact) mass is 252 g/mol. The lowest BCUT2D eigenvalue weighted by molar-refractivity contribution is 0.123. The van der Waals surface area contributed by atoms with E-state index in [-0.39, 0.29) is 0 Å². The van der Waals surface area contributed by atoms with Gasteiger partial charge < -0.3 is 10.6 Å². The standard InChI is InChI=1S/C16H32N2/c1-3-16(8-5-9-16)13-18-11-7-14(2)15-6-4-10-17-12-15/h14-15,17-18H,3-13H2,1-2H3. The van der Waals surface area contributed by atoms with Crippen LogP contribution in [0.4, 0.5) is 0 Å². The SMILES string of the molecule is CCC1(CNCCC(C)C2CCCNC2)CCC1. The zero-order valence-electron chi connectivity index (χ0n) is 12.4. The van der Waals surface area contributed by atoms with Crippen molar-refractivity contribution in [1.82, 2.24) is 10.6 Å². The molecular formula is C16H32N2. The third-order valence-electron chi connectivity index (χ3n) is 5.58. The maximum absolute atomic E-state index is 3.73. The van der Waals surface area contributed by atoms with Gasteiger partial charge in [0.1, 0.15) is 0 Å². The predicted octanol–water partition coefficient (Wildman–Crippen LogP) is 3.18. The molecule has 0 spiro atoms. The van der Waals surface area contributed by atoms with E-state index in [9.17, 15) is 0 Å². The highest BCUT2D eigenvalue weighted by molar-refractivity contribution is 4.88. The van der Waals surface area contributed by atoms with Gasteiger partial charge in [-0.3, -0.25) is 0 Å². The van der Waals surface area contributed by atoms with Gasteiger partial charge in [-0.15, -0.1) is 0 Å². The van der Waals surface area contributed by atoms with E-state index in [1.54, 1.807) is 0 Å². The highest BCUT2D eigenvalue weighted by atomic mass is 14.9. The van der Waals surface area contributed by atoms with Crippen molar-refractivity contribution >= 4 is 0 Å². The molecule has 1 aliphatic heterocycles. The van der Waals surface area contributed by atoms with Crippen LogP contribution in [0.5, 0.6) is 0 Å². The number of hydrogen-bond acceptors (Lipinski definition) is 2. The molecule has 0 aromatic carbocycles. The fraction of sp³-hybridized carbons (Fsp3) is 1.00. The van der Waals surface area contributed by atoms with E-state index < -0.39 is 0 Å². The summed E-state index contributed by atoms with van der Waals surface area (Å²) < 4.78 is 0. The molecule has 2 unspecified atom stereocenters. The van der Waals surface area contributed by atoms with Crippen molar-refractivity contribution in [1.29, 1.82) is 0 Å². The second-order valence-electron chi connectivity index (χ2n) is 6.76. The van der Waals surface area contributed by atoms with E-state index in [0.717, 1.165) is 11.8 Å². The number of hydrogen-bond donors (Lipinski definition) is 2. The van der Waals surface area contributed by atoms with Crippen molar-refractivity contribution in [2.45, 2.75) is 58.8 Å². The molecule has 0 aromatic rings. The van der Waals surface area contributed by atoms with Gasteiger partial charge in [-0.2, -0.15) is 0 Å². The molecule has 0 bridgehead atoms. The minimum atomic E-state index is 0.676. The third kappa shape index (κ3) is 3.71. The molecule has 0 aromatic heterocycles. The summed E-state index contributed by atoms with van der Waals surface area (Å²) in [5.41, 5.74) is 0.676. The molecule has 0 radical (unpaired) electrons. The Hall–Kier alpha value is -0.0800. The van der Waals surface area contributed by atoms with Crippen LogP contribution in [0.25, 0.3) is 0 Å². The van der Waals surface area contributed by atoms with E-state index in [4.69, 9.17) is 0 Å². The summed E-state index contributed by atoms with van der Waals surface area (Å²) in [5, 5.41) is 7.27. The molecule has 2 N–H and O–H groups in total. The minimum absolute atomic E-state index is 0.676. The van der Waals surface area contributed by atoms with Gasteiger partial charge >= 0.3 is 0 Å². The van der Waals surface area contributed by atoms with Gasteiger partial charge in [-0.05, 0) is 75.4 Å². The molecule has 2 atom stereocenters. The van der Waals surface area contributed by atoms with Gasteiger partial charge in [0.05, 0.1) is 0 Å². The second-order valence-corrected chi connectivity index (χ2v) is 6.76. The Bertz CT molecular complexity index is 224. The zero-order valence-corrected chi connectivity index (χ0v) is 12.4. The highest BCUT2D eigenvalue weighted by Crippen LogP contribution is 2.43. The van der Waals surface area contributed by atoms with E-state index in [1.807, 2.05) is 0 Å². The minimum Gasteiger partial charge on any atom is -0.316 e. The average molecular weight is 252 g/mol. The molecule has 1 aliphatic carbocycles. The van der Waals surface area contributed by atoms with E-state index in [0.29, 0.717) is 5.41 Å². The van der Waals surface area contributed by atoms with Gasteiger partial charge in [0.15, 0.2) is 0 Å². The molecule has 2 heteroatoms. The summed E-state index contributed by atoms with van der Waals surface area (Å²) in [6.45, 7) is 9.77. The van der Waals surface area contributed by atoms with E-state index in [1.165, 1.54) is 71.1 Å². The van der Waals surface area contributed by atoms with Crippen LogP contribution in [-0.2, 0) is 0 Å². The summed E-state index contributed by atoms with van der Waals surface area (Å²) >= 11 is 0. The van der Waals surface area contributed by atoms with Crippen LogP contribution in [0.3, 0.4) is 0 Å². The van der Waals surface area contributed by atoms with Crippen LogP contribution >= 0.6 is 0 Å². The summed E-state index contributed by atoms with van der Waals surface area (Å²) in [6.07, 6.45) is 9.90. The third-order valence-corrected chi connectivity index (χ3v) is 5.58. The Kier molecular flexibility index (Phi) is 5.50. The molecule has 2 fully saturated rings. The molecule has 1 saturated carbocycles. The van der Waals surface area contributed by atoms with Crippen LogP contribution in [0.1, 0.15) is 58.8 Å². The molecule has 18 heavy (non-hydrogen) atoms. The van der Waals surface area contributed by atoms with Gasteiger partial charge in [0, 0.05) is 6.54 Å². The molecular weight excluding hydrogens is 220 g/mol. The first-order valence-electron chi connectivity index (χ1n) is 8.17. The Labute approximate surface area is 113 Å². The Morgan fingerprint density at radius 3 is 2.72 bits per heavy atom. The predicted molar refractivity (Wildman–Crippen MR) is 78.8 cm³/mol. The lowest BCUT2D eigenvalue weighted by Crippen LogP contribution is -2.40. The van der Waals surface area contributed by atoms with Crippen molar-refractivity contribution in [3.63, 3.8) is 0 Å². The van der Waals surface area contributed by atoms with Crippen LogP contribution < -0.4 is 10.6 Å². The fourth-order valence-electron chi connectivity index (χ4n) is 3.62. The largest absolute Gasteiger partial charge is 0.316 e. The quantitative estimate of drug-likeness (QED) is 0.680. The van der Waals surface area contributed by atoms with Crippen LogP contribution in [0.2, 0.25) is 0 Å². The van der Waals surface area contributed by atoms with Crippen LogP contribution in [0, 0.1) is 17.3 Å². The lowest BCUT2D eigenvalue weighted by atomic mass is 9.67. The van der Waals surface area contributed by atoms with Gasteiger partial charge in [0.2, 0.25) is 0 Å². The summed E-state index contributed by atoms with van der Waals surface area (Å²) in [4.78, 5) is 0. The number of rotatable bonds is 7. The molecule has 2 rings (SSSR count). The molecule has 0 amide bonds. The van der Waals surface area contributed by atoms with Crippen molar-refractivity contribution in [2.75, 3.05) is 26.2 Å². The van der Waals surface area contributed by atoms with Crippen molar-refractivity contribution in [3.05, 3.63) is 0 Å². The topological polar surface area (TPSA) is 24.1 Å². The maximum atomic E-state index is 3.73. The normalized spacial score (nSPS) is 28.7. The molecule has 106 valence electrons. The van der Waals surface area contributed by atoms with Crippen molar-refractivity contribution in [2.24, 2.45) is 17.3 Å². The van der Waals surface area contributed by atoms with Gasteiger partial charge in [0.25, 0.3) is 0 Å². The van der Waals surface area contributed by atoms with E-state index >= 15 is 0 Å². The molecule has 1 heterocycles. The lowest BCUT2D eigenvalue weighted by Gasteiger charge is -2.41. The first kappa shape index (κ1) is 14.3. The number of nitrogens with one attached hydrogen (secondary N) is 2. The van der Waals surface area contributed by atoms with Crippen molar-refractivity contribution < 1.29 is 0 Å². The van der Waals surface area contributed by atoms with Gasteiger partial charge in [-0.25, -0.2) is 0 Å². The Morgan fingerprint density at radius 2 is 2.17 bits per heavy atom. The Balaban J connectivity index is 1.57. The smallest absolute Gasteiger partial charge is 0.000770 e. The first-order valence-corrected chi connectivity index (χ1v) is 8.17. The summed E-state index contributed by atoms with van der Waals surface area (Å²) in [6, 6.07) is 0. The average Bonchev–Trinajstić information content (AvgIpc) is 2.38. The second kappa shape index (κ2) is 6.91. The fourth-order valence-corrected chi connectivity index (χ4v) is 3.62. The molecule has 2 nitrogen and oxygen atoms in total. The Morgan fingerprint density at radius 1 is 1.33 bits per heavy atom. The summed E-state index contributed by atoms with van der Waals surface area (Å²) in [5.74, 6) is 1.80. The van der Waals surface area contributed by atoms with Crippen molar-refractivity contribution in [3.8, 4) is 0 Å². The first-order chi connectivity index (χ1) is 8.76. The summed E-state index contributed by atoms with van der Waals surface area (Å²) in [7, 11) is 0. The van der Waals surface area contributed by atoms with Gasteiger partial charge in [-0.1, -0.05) is 20.3 Å². The highest BCUT2D eigenvalue weighted by Gasteiger charge is 2.34. The molecule has 1 saturated heterocycles. The molecule has 2 aliphatic rings. The zero-order chi connectivity index (χ0) is 12.8. The van der Waals surface area contributed by atoms with E-state index in [2.05, 4.69) is 24.5 Å². The maximum Gasteiger partial charge on any atom is 0.000770 e. The van der Waals surface area contributed by atoms with Crippen LogP contribution in [0.15, 0.2) is 0 Å². The van der Waals surface area contributed by atoms with Crippen LogP contribution in [-0.4, -0.2) is 26.2 Å².